The van der Waals surface area contributed by atoms with Crippen LogP contribution in [-0.4, -0.2) is 19.0 Å². The average molecular weight is 416 g/mol. The fourth-order valence-corrected chi connectivity index (χ4v) is 2.84. The van der Waals surface area contributed by atoms with E-state index in [4.69, 9.17) is 9.47 Å². The highest BCUT2D eigenvalue weighted by molar-refractivity contribution is 6.06. The molecule has 4 heteroatoms. The van der Waals surface area contributed by atoms with Gasteiger partial charge in [-0.1, -0.05) is 43.0 Å². The SMILES string of the molecule is C=Cc1ccc(OCCCCOc2ccc(C=CC(=O)c3ccc(F)cc3)cc2)cc1. The molecule has 0 aliphatic rings. The molecule has 0 N–H and O–H groups in total. The van der Waals surface area contributed by atoms with Crippen molar-refractivity contribution in [3.8, 4) is 11.5 Å². The maximum atomic E-state index is 12.9. The van der Waals surface area contributed by atoms with E-state index in [1.807, 2.05) is 48.5 Å². The van der Waals surface area contributed by atoms with Crippen molar-refractivity contribution in [2.24, 2.45) is 0 Å². The summed E-state index contributed by atoms with van der Waals surface area (Å²) in [5.41, 5.74) is 2.41. The second-order valence-corrected chi connectivity index (χ2v) is 6.95. The van der Waals surface area contributed by atoms with Gasteiger partial charge in [0.2, 0.25) is 0 Å². The number of halogens is 1. The first-order valence-electron chi connectivity index (χ1n) is 10.2. The summed E-state index contributed by atoms with van der Waals surface area (Å²) in [6.45, 7) is 4.98. The largest absolute Gasteiger partial charge is 0.494 e. The number of benzene rings is 3. The number of carbonyl (C=O) groups excluding carboxylic acids is 1. The highest BCUT2D eigenvalue weighted by Gasteiger charge is 2.02. The predicted octanol–water partition coefficient (Wildman–Crippen LogP) is 6.60. The van der Waals surface area contributed by atoms with Crippen molar-refractivity contribution in [3.05, 3.63) is 108 Å². The smallest absolute Gasteiger partial charge is 0.185 e. The van der Waals surface area contributed by atoms with Crippen LogP contribution in [0.15, 0.2) is 85.5 Å². The molecule has 0 spiro atoms. The molecule has 0 amide bonds. The average Bonchev–Trinajstić information content (AvgIpc) is 2.81. The van der Waals surface area contributed by atoms with E-state index in [2.05, 4.69) is 6.58 Å². The second kappa shape index (κ2) is 11.5. The number of rotatable bonds is 11. The van der Waals surface area contributed by atoms with Crippen molar-refractivity contribution in [3.63, 3.8) is 0 Å². The number of ketones is 1. The van der Waals surface area contributed by atoms with Gasteiger partial charge in [0.05, 0.1) is 13.2 Å². The van der Waals surface area contributed by atoms with E-state index in [1.54, 1.807) is 12.2 Å². The Kier molecular flexibility index (Phi) is 8.18. The fourth-order valence-electron chi connectivity index (χ4n) is 2.84. The molecule has 3 rings (SSSR count). The van der Waals surface area contributed by atoms with E-state index in [0.29, 0.717) is 18.8 Å². The molecule has 0 unspecified atom stereocenters. The summed E-state index contributed by atoms with van der Waals surface area (Å²) in [6, 6.07) is 20.9. The minimum Gasteiger partial charge on any atom is -0.494 e. The summed E-state index contributed by atoms with van der Waals surface area (Å²) < 4.78 is 24.4. The van der Waals surface area contributed by atoms with Crippen molar-refractivity contribution in [2.75, 3.05) is 13.2 Å². The molecule has 0 saturated heterocycles. The quantitative estimate of drug-likeness (QED) is 0.201. The van der Waals surface area contributed by atoms with Crippen LogP contribution >= 0.6 is 0 Å². The standard InChI is InChI=1S/C27H25FO3/c1-2-21-5-14-25(15-6-21)30-19-3-4-20-31-26-16-7-22(8-17-26)9-18-27(29)23-10-12-24(28)13-11-23/h2,5-18H,1,3-4,19-20H2. The summed E-state index contributed by atoms with van der Waals surface area (Å²) in [4.78, 5) is 12.1. The molecule has 3 aromatic carbocycles. The first-order valence-corrected chi connectivity index (χ1v) is 10.2. The molecule has 3 aromatic rings. The minimum atomic E-state index is -0.359. The highest BCUT2D eigenvalue weighted by Crippen LogP contribution is 2.15. The number of hydrogen-bond donors (Lipinski definition) is 0. The summed E-state index contributed by atoms with van der Waals surface area (Å²) in [5, 5.41) is 0. The minimum absolute atomic E-state index is 0.167. The third-order valence-electron chi connectivity index (χ3n) is 4.63. The van der Waals surface area contributed by atoms with Gasteiger partial charge in [0.1, 0.15) is 17.3 Å². The maximum Gasteiger partial charge on any atom is 0.185 e. The van der Waals surface area contributed by atoms with Gasteiger partial charge in [-0.25, -0.2) is 4.39 Å². The van der Waals surface area contributed by atoms with Gasteiger partial charge in [-0.15, -0.1) is 0 Å². The Hall–Kier alpha value is -3.66. The van der Waals surface area contributed by atoms with Gasteiger partial charge in [-0.3, -0.25) is 4.79 Å². The summed E-state index contributed by atoms with van der Waals surface area (Å²) in [7, 11) is 0. The number of allylic oxidation sites excluding steroid dienone is 1. The Morgan fingerprint density at radius 3 is 1.81 bits per heavy atom. The summed E-state index contributed by atoms with van der Waals surface area (Å²) in [6.07, 6.45) is 6.80. The zero-order valence-electron chi connectivity index (χ0n) is 17.3. The molecule has 0 radical (unpaired) electrons. The predicted molar refractivity (Wildman–Crippen MR) is 123 cm³/mol. The molecule has 0 heterocycles. The van der Waals surface area contributed by atoms with E-state index in [-0.39, 0.29) is 11.6 Å². The third kappa shape index (κ3) is 7.27. The number of unbranched alkanes of at least 4 members (excludes halogenated alkanes) is 1. The maximum absolute atomic E-state index is 12.9. The molecule has 0 saturated carbocycles. The van der Waals surface area contributed by atoms with Crippen molar-refractivity contribution in [1.82, 2.24) is 0 Å². The van der Waals surface area contributed by atoms with Gasteiger partial charge in [-0.2, -0.15) is 0 Å². The van der Waals surface area contributed by atoms with E-state index in [0.717, 1.165) is 35.5 Å². The van der Waals surface area contributed by atoms with Crippen LogP contribution in [0.1, 0.15) is 34.3 Å². The van der Waals surface area contributed by atoms with Gasteiger partial charge in [0.15, 0.2) is 5.78 Å². The molecule has 0 aliphatic carbocycles. The van der Waals surface area contributed by atoms with Gasteiger partial charge < -0.3 is 9.47 Å². The molecular formula is C27H25FO3. The molecule has 0 aromatic heterocycles. The van der Waals surface area contributed by atoms with Crippen LogP contribution in [0.5, 0.6) is 11.5 Å². The lowest BCUT2D eigenvalue weighted by Gasteiger charge is -2.08. The summed E-state index contributed by atoms with van der Waals surface area (Å²) >= 11 is 0. The Morgan fingerprint density at radius 1 is 0.774 bits per heavy atom. The van der Waals surface area contributed by atoms with Crippen LogP contribution in [-0.2, 0) is 0 Å². The molecule has 0 aliphatic heterocycles. The lowest BCUT2D eigenvalue weighted by Crippen LogP contribution is -2.02. The molecule has 0 fully saturated rings. The van der Waals surface area contributed by atoms with Gasteiger partial charge >= 0.3 is 0 Å². The second-order valence-electron chi connectivity index (χ2n) is 6.95. The van der Waals surface area contributed by atoms with Crippen LogP contribution in [0.4, 0.5) is 4.39 Å². The first-order chi connectivity index (χ1) is 15.1. The monoisotopic (exact) mass is 416 g/mol. The van der Waals surface area contributed by atoms with Crippen molar-refractivity contribution < 1.29 is 18.7 Å². The van der Waals surface area contributed by atoms with Crippen LogP contribution in [0, 0.1) is 5.82 Å². The molecule has 0 atom stereocenters. The molecule has 31 heavy (non-hydrogen) atoms. The van der Waals surface area contributed by atoms with Gasteiger partial charge in [0, 0.05) is 5.56 Å². The van der Waals surface area contributed by atoms with Crippen molar-refractivity contribution in [1.29, 1.82) is 0 Å². The normalized spacial score (nSPS) is 10.7. The fraction of sp³-hybridized carbons (Fsp3) is 0.148. The summed E-state index contributed by atoms with van der Waals surface area (Å²) in [5.74, 6) is 1.11. The molecule has 158 valence electrons. The van der Waals surface area contributed by atoms with E-state index >= 15 is 0 Å². The van der Waals surface area contributed by atoms with Crippen molar-refractivity contribution >= 4 is 17.9 Å². The molecule has 0 bridgehead atoms. The third-order valence-corrected chi connectivity index (χ3v) is 4.63. The van der Waals surface area contributed by atoms with Gasteiger partial charge in [0.25, 0.3) is 0 Å². The number of hydrogen-bond acceptors (Lipinski definition) is 3. The van der Waals surface area contributed by atoms with E-state index < -0.39 is 0 Å². The molecular weight excluding hydrogens is 391 g/mol. The number of carbonyl (C=O) groups is 1. The number of ether oxygens (including phenoxy) is 2. The Bertz CT molecular complexity index is 1000. The lowest BCUT2D eigenvalue weighted by molar-refractivity contribution is 0.104. The zero-order valence-corrected chi connectivity index (χ0v) is 17.3. The topological polar surface area (TPSA) is 35.5 Å². The highest BCUT2D eigenvalue weighted by atomic mass is 19.1. The van der Waals surface area contributed by atoms with Crippen LogP contribution < -0.4 is 9.47 Å². The Morgan fingerprint density at radius 2 is 1.29 bits per heavy atom. The zero-order chi connectivity index (χ0) is 21.9. The van der Waals surface area contributed by atoms with E-state index in [1.165, 1.54) is 30.3 Å². The van der Waals surface area contributed by atoms with Crippen LogP contribution in [0.25, 0.3) is 12.2 Å². The van der Waals surface area contributed by atoms with Crippen LogP contribution in [0.2, 0.25) is 0 Å². The van der Waals surface area contributed by atoms with Crippen molar-refractivity contribution in [2.45, 2.75) is 12.8 Å². The Balaban J connectivity index is 1.35. The van der Waals surface area contributed by atoms with E-state index in [9.17, 15) is 9.18 Å². The van der Waals surface area contributed by atoms with Gasteiger partial charge in [-0.05, 0) is 78.6 Å². The Labute approximate surface area is 182 Å². The lowest BCUT2D eigenvalue weighted by atomic mass is 10.1. The van der Waals surface area contributed by atoms with Crippen LogP contribution in [0.3, 0.4) is 0 Å². The molecule has 3 nitrogen and oxygen atoms in total. The first kappa shape index (κ1) is 22.0.